The number of aromatic amines is 1. The number of benzene rings is 2. The van der Waals surface area contributed by atoms with Crippen molar-refractivity contribution in [1.82, 2.24) is 15.4 Å². The van der Waals surface area contributed by atoms with Crippen LogP contribution in [0.1, 0.15) is 10.4 Å². The maximum absolute atomic E-state index is 13.0. The fourth-order valence-corrected chi connectivity index (χ4v) is 3.89. The van der Waals surface area contributed by atoms with Gasteiger partial charge < -0.3 is 24.6 Å². The summed E-state index contributed by atoms with van der Waals surface area (Å²) in [7, 11) is 0. The van der Waals surface area contributed by atoms with Crippen molar-refractivity contribution in [3.05, 3.63) is 42.0 Å². The summed E-state index contributed by atoms with van der Waals surface area (Å²) >= 11 is 0. The maximum atomic E-state index is 13.0. The van der Waals surface area contributed by atoms with Crippen LogP contribution in [-0.2, 0) is 9.47 Å². The predicted molar refractivity (Wildman–Crippen MR) is 114 cm³/mol. The molecule has 0 atom stereocenters. The van der Waals surface area contributed by atoms with Gasteiger partial charge in [0.1, 0.15) is 11.0 Å². The van der Waals surface area contributed by atoms with Gasteiger partial charge in [0, 0.05) is 37.4 Å². The standard InChI is InChI=1S/C21H24N6O3/c28-21(15-1-3-17-19(13-15)24-25-23-17)22-18-4-2-16(26-5-9-29-10-6-26)14-20(18)27-7-11-30-12-8-27/h1-4,13-14H,5-12H2,(H,22,28)(H,23,24,25). The van der Waals surface area contributed by atoms with Gasteiger partial charge in [0.2, 0.25) is 0 Å². The number of amides is 1. The molecule has 2 fully saturated rings. The van der Waals surface area contributed by atoms with Gasteiger partial charge in [-0.15, -0.1) is 0 Å². The molecule has 0 unspecified atom stereocenters. The first-order chi connectivity index (χ1) is 14.8. The van der Waals surface area contributed by atoms with Gasteiger partial charge in [-0.2, -0.15) is 15.4 Å². The number of H-pyrrole nitrogens is 1. The largest absolute Gasteiger partial charge is 0.378 e. The minimum atomic E-state index is -0.173. The number of hydrogen-bond acceptors (Lipinski definition) is 7. The fraction of sp³-hybridized carbons (Fsp3) is 0.381. The molecule has 156 valence electrons. The lowest BCUT2D eigenvalue weighted by Gasteiger charge is -2.33. The molecule has 0 aliphatic carbocycles. The molecule has 2 aromatic carbocycles. The number of carbonyl (C=O) groups excluding carboxylic acids is 1. The number of morpholine rings is 2. The van der Waals surface area contributed by atoms with Gasteiger partial charge in [0.05, 0.1) is 37.8 Å². The summed E-state index contributed by atoms with van der Waals surface area (Å²) < 4.78 is 11.0. The van der Waals surface area contributed by atoms with E-state index in [1.54, 1.807) is 18.2 Å². The first-order valence-corrected chi connectivity index (χ1v) is 10.2. The Morgan fingerprint density at radius 1 is 0.867 bits per heavy atom. The van der Waals surface area contributed by atoms with Gasteiger partial charge in [-0.05, 0) is 36.4 Å². The average Bonchev–Trinajstić information content (AvgIpc) is 3.28. The van der Waals surface area contributed by atoms with E-state index in [-0.39, 0.29) is 5.91 Å². The van der Waals surface area contributed by atoms with Crippen molar-refractivity contribution in [3.63, 3.8) is 0 Å². The third-order valence-corrected chi connectivity index (χ3v) is 5.54. The van der Waals surface area contributed by atoms with Gasteiger partial charge in [-0.25, -0.2) is 0 Å². The molecule has 5 rings (SSSR count). The first kappa shape index (κ1) is 18.8. The van der Waals surface area contributed by atoms with Crippen LogP contribution in [0.4, 0.5) is 17.1 Å². The second kappa shape index (κ2) is 8.29. The number of ether oxygens (including phenoxy) is 2. The third-order valence-electron chi connectivity index (χ3n) is 5.54. The number of hydrogen-bond donors (Lipinski definition) is 2. The lowest BCUT2D eigenvalue weighted by Crippen LogP contribution is -2.38. The Kier molecular flexibility index (Phi) is 5.20. The van der Waals surface area contributed by atoms with Crippen molar-refractivity contribution < 1.29 is 14.3 Å². The highest BCUT2D eigenvalue weighted by Gasteiger charge is 2.20. The number of nitrogens with one attached hydrogen (secondary N) is 2. The summed E-state index contributed by atoms with van der Waals surface area (Å²) in [6.07, 6.45) is 0. The Morgan fingerprint density at radius 3 is 2.33 bits per heavy atom. The summed E-state index contributed by atoms with van der Waals surface area (Å²) in [5.41, 5.74) is 4.88. The Labute approximate surface area is 173 Å². The number of aromatic nitrogens is 3. The number of anilines is 3. The Hall–Kier alpha value is -3.17. The van der Waals surface area contributed by atoms with Gasteiger partial charge in [-0.1, -0.05) is 0 Å². The molecule has 0 spiro atoms. The predicted octanol–water partition coefficient (Wildman–Crippen LogP) is 1.88. The molecule has 3 aromatic rings. The van der Waals surface area contributed by atoms with Crippen LogP contribution in [-0.4, -0.2) is 73.9 Å². The van der Waals surface area contributed by atoms with Crippen molar-refractivity contribution in [3.8, 4) is 0 Å². The molecular weight excluding hydrogens is 384 g/mol. The molecule has 9 heteroatoms. The van der Waals surface area contributed by atoms with Crippen LogP contribution in [0.2, 0.25) is 0 Å². The van der Waals surface area contributed by atoms with Gasteiger partial charge in [0.15, 0.2) is 0 Å². The smallest absolute Gasteiger partial charge is 0.255 e. The van der Waals surface area contributed by atoms with Crippen molar-refractivity contribution in [2.45, 2.75) is 0 Å². The van der Waals surface area contributed by atoms with Crippen LogP contribution < -0.4 is 15.1 Å². The van der Waals surface area contributed by atoms with Crippen LogP contribution in [0.15, 0.2) is 36.4 Å². The molecule has 1 amide bonds. The molecular formula is C21H24N6O3. The van der Waals surface area contributed by atoms with E-state index in [1.807, 2.05) is 6.07 Å². The van der Waals surface area contributed by atoms with Crippen molar-refractivity contribution in [2.24, 2.45) is 0 Å². The zero-order chi connectivity index (χ0) is 20.3. The van der Waals surface area contributed by atoms with Gasteiger partial charge >= 0.3 is 0 Å². The Bertz CT molecular complexity index is 1040. The summed E-state index contributed by atoms with van der Waals surface area (Å²) in [5, 5.41) is 13.8. The van der Waals surface area contributed by atoms with Crippen LogP contribution in [0.5, 0.6) is 0 Å². The number of fused-ring (bicyclic) bond motifs is 1. The van der Waals surface area contributed by atoms with Gasteiger partial charge in [0.25, 0.3) is 5.91 Å². The topological polar surface area (TPSA) is 95.6 Å². The molecule has 2 saturated heterocycles. The minimum absolute atomic E-state index is 0.173. The molecule has 9 nitrogen and oxygen atoms in total. The Balaban J connectivity index is 1.43. The van der Waals surface area contributed by atoms with Crippen molar-refractivity contribution >= 4 is 34.0 Å². The lowest BCUT2D eigenvalue weighted by atomic mass is 10.1. The molecule has 2 N–H and O–H groups in total. The maximum Gasteiger partial charge on any atom is 0.255 e. The monoisotopic (exact) mass is 408 g/mol. The average molecular weight is 408 g/mol. The number of carbonyl (C=O) groups is 1. The number of rotatable bonds is 4. The van der Waals surface area contributed by atoms with E-state index in [0.717, 1.165) is 62.0 Å². The Morgan fingerprint density at radius 2 is 1.57 bits per heavy atom. The summed E-state index contributed by atoms with van der Waals surface area (Å²) in [5.74, 6) is -0.173. The lowest BCUT2D eigenvalue weighted by molar-refractivity contribution is 0.102. The first-order valence-electron chi connectivity index (χ1n) is 10.2. The summed E-state index contributed by atoms with van der Waals surface area (Å²) in [4.78, 5) is 17.5. The second-order valence-electron chi connectivity index (χ2n) is 7.38. The van der Waals surface area contributed by atoms with E-state index < -0.39 is 0 Å². The molecule has 1 aromatic heterocycles. The summed E-state index contributed by atoms with van der Waals surface area (Å²) in [6.45, 7) is 6.14. The molecule has 0 radical (unpaired) electrons. The van der Waals surface area contributed by atoms with E-state index >= 15 is 0 Å². The fourth-order valence-electron chi connectivity index (χ4n) is 3.89. The third kappa shape index (κ3) is 3.81. The van der Waals surface area contributed by atoms with E-state index in [1.165, 1.54) is 0 Å². The molecule has 3 heterocycles. The van der Waals surface area contributed by atoms with Crippen LogP contribution >= 0.6 is 0 Å². The van der Waals surface area contributed by atoms with E-state index in [0.29, 0.717) is 24.3 Å². The molecule has 30 heavy (non-hydrogen) atoms. The zero-order valence-electron chi connectivity index (χ0n) is 16.6. The van der Waals surface area contributed by atoms with Crippen molar-refractivity contribution in [2.75, 3.05) is 67.7 Å². The highest BCUT2D eigenvalue weighted by molar-refractivity contribution is 6.07. The van der Waals surface area contributed by atoms with E-state index in [2.05, 4.69) is 42.7 Å². The van der Waals surface area contributed by atoms with Crippen LogP contribution in [0.3, 0.4) is 0 Å². The summed E-state index contributed by atoms with van der Waals surface area (Å²) in [6, 6.07) is 11.5. The van der Waals surface area contributed by atoms with Crippen LogP contribution in [0.25, 0.3) is 11.0 Å². The second-order valence-corrected chi connectivity index (χ2v) is 7.38. The minimum Gasteiger partial charge on any atom is -0.378 e. The van der Waals surface area contributed by atoms with Crippen molar-refractivity contribution in [1.29, 1.82) is 0 Å². The molecule has 0 bridgehead atoms. The van der Waals surface area contributed by atoms with E-state index in [4.69, 9.17) is 9.47 Å². The quantitative estimate of drug-likeness (QED) is 0.681. The molecule has 2 aliphatic rings. The molecule has 2 aliphatic heterocycles. The van der Waals surface area contributed by atoms with E-state index in [9.17, 15) is 4.79 Å². The number of nitrogens with zero attached hydrogens (tertiary/aromatic N) is 4. The molecule has 0 saturated carbocycles. The SMILES string of the molecule is O=C(Nc1ccc(N2CCOCC2)cc1N1CCOCC1)c1ccc2n[nH]nc2c1. The zero-order valence-corrected chi connectivity index (χ0v) is 16.6. The highest BCUT2D eigenvalue weighted by Crippen LogP contribution is 2.32. The normalized spacial score (nSPS) is 17.3. The highest BCUT2D eigenvalue weighted by atomic mass is 16.5. The van der Waals surface area contributed by atoms with Gasteiger partial charge in [-0.3, -0.25) is 4.79 Å². The van der Waals surface area contributed by atoms with Crippen LogP contribution in [0, 0.1) is 0 Å².